The Bertz CT molecular complexity index is 2100. The summed E-state index contributed by atoms with van der Waals surface area (Å²) in [4.78, 5) is 5.17. The van der Waals surface area contributed by atoms with E-state index in [0.717, 1.165) is 33.8 Å². The van der Waals surface area contributed by atoms with Crippen molar-refractivity contribution in [3.63, 3.8) is 0 Å². The molecule has 8 rings (SSSR count). The van der Waals surface area contributed by atoms with Crippen molar-refractivity contribution in [2.45, 2.75) is 0 Å². The number of para-hydroxylation sites is 3. The van der Waals surface area contributed by atoms with Crippen molar-refractivity contribution in [3.8, 4) is 22.8 Å². The molecule has 0 unspecified atom stereocenters. The molecule has 6 aromatic carbocycles. The molecule has 3 heteroatoms. The Hall–Kier alpha value is -5.15. The number of fused-ring (bicyclic) bond motifs is 6. The minimum atomic E-state index is 0.947. The summed E-state index contributed by atoms with van der Waals surface area (Å²) in [6.45, 7) is 0. The molecule has 0 spiro atoms. The Morgan fingerprint density at radius 1 is 0.447 bits per heavy atom. The highest BCUT2D eigenvalue weighted by Gasteiger charge is 2.19. The maximum Gasteiger partial charge on any atom is 0.145 e. The quantitative estimate of drug-likeness (QED) is 0.245. The fourth-order valence-electron chi connectivity index (χ4n) is 5.82. The van der Waals surface area contributed by atoms with Gasteiger partial charge in [-0.2, -0.15) is 0 Å². The Morgan fingerprint density at radius 2 is 1.08 bits per heavy atom. The number of hydrogen-bond acceptors (Lipinski definition) is 1. The zero-order chi connectivity index (χ0) is 25.1. The van der Waals surface area contributed by atoms with E-state index in [0.29, 0.717) is 0 Å². The molecule has 8 aromatic rings. The van der Waals surface area contributed by atoms with E-state index in [2.05, 4.69) is 143 Å². The molecule has 0 aliphatic carbocycles. The van der Waals surface area contributed by atoms with Gasteiger partial charge < -0.3 is 4.57 Å². The van der Waals surface area contributed by atoms with Gasteiger partial charge in [-0.05, 0) is 53.9 Å². The SMILES string of the molecule is c1ccc(-c2nc3ccc4cc5c6ccccc6n(-c6ccccc6)c5cc4c3n2-c2ccccc2)cc1. The summed E-state index contributed by atoms with van der Waals surface area (Å²) in [5, 5.41) is 4.91. The van der Waals surface area contributed by atoms with Crippen LogP contribution in [-0.2, 0) is 0 Å². The summed E-state index contributed by atoms with van der Waals surface area (Å²) < 4.78 is 4.69. The Morgan fingerprint density at radius 3 is 1.82 bits per heavy atom. The molecule has 0 amide bonds. The van der Waals surface area contributed by atoms with Crippen molar-refractivity contribution in [3.05, 3.63) is 140 Å². The topological polar surface area (TPSA) is 22.8 Å². The van der Waals surface area contributed by atoms with Gasteiger partial charge in [0.1, 0.15) is 5.82 Å². The molecule has 2 heterocycles. The molecule has 178 valence electrons. The molecular formula is C35H23N3. The van der Waals surface area contributed by atoms with Crippen LogP contribution in [-0.4, -0.2) is 14.1 Å². The van der Waals surface area contributed by atoms with E-state index in [9.17, 15) is 0 Å². The van der Waals surface area contributed by atoms with Crippen LogP contribution in [0.1, 0.15) is 0 Å². The number of imidazole rings is 1. The minimum absolute atomic E-state index is 0.947. The average molecular weight is 486 g/mol. The Kier molecular flexibility index (Phi) is 4.52. The van der Waals surface area contributed by atoms with Crippen LogP contribution in [0, 0.1) is 0 Å². The first-order valence-electron chi connectivity index (χ1n) is 12.9. The number of aromatic nitrogens is 3. The average Bonchev–Trinajstić information content (AvgIpc) is 3.54. The summed E-state index contributed by atoms with van der Waals surface area (Å²) in [7, 11) is 0. The second-order valence-electron chi connectivity index (χ2n) is 9.68. The second kappa shape index (κ2) is 8.19. The number of rotatable bonds is 3. The maximum absolute atomic E-state index is 5.17. The monoisotopic (exact) mass is 485 g/mol. The summed E-state index contributed by atoms with van der Waals surface area (Å²) in [6, 6.07) is 49.4. The van der Waals surface area contributed by atoms with Gasteiger partial charge in [-0.3, -0.25) is 4.57 Å². The lowest BCUT2D eigenvalue weighted by atomic mass is 10.0. The van der Waals surface area contributed by atoms with Gasteiger partial charge in [-0.15, -0.1) is 0 Å². The van der Waals surface area contributed by atoms with E-state index in [1.807, 2.05) is 6.07 Å². The maximum atomic E-state index is 5.17. The summed E-state index contributed by atoms with van der Waals surface area (Å²) in [5.41, 5.74) is 7.87. The van der Waals surface area contributed by atoms with Gasteiger partial charge >= 0.3 is 0 Å². The third kappa shape index (κ3) is 3.06. The van der Waals surface area contributed by atoms with Gasteiger partial charge in [0.15, 0.2) is 0 Å². The molecule has 0 N–H and O–H groups in total. The Labute approximate surface area is 219 Å². The Balaban J connectivity index is 1.55. The summed E-state index contributed by atoms with van der Waals surface area (Å²) in [6.07, 6.45) is 0. The predicted molar refractivity (Wildman–Crippen MR) is 158 cm³/mol. The lowest BCUT2D eigenvalue weighted by molar-refractivity contribution is 1.11. The largest absolute Gasteiger partial charge is 0.309 e. The van der Waals surface area contributed by atoms with Crippen molar-refractivity contribution in [1.29, 1.82) is 0 Å². The zero-order valence-corrected chi connectivity index (χ0v) is 20.6. The van der Waals surface area contributed by atoms with Crippen molar-refractivity contribution in [2.75, 3.05) is 0 Å². The molecule has 0 saturated heterocycles. The van der Waals surface area contributed by atoms with Crippen molar-refractivity contribution in [1.82, 2.24) is 14.1 Å². The molecule has 0 aliphatic heterocycles. The highest BCUT2D eigenvalue weighted by Crippen LogP contribution is 2.39. The first kappa shape index (κ1) is 21.0. The van der Waals surface area contributed by atoms with Crippen LogP contribution in [0.4, 0.5) is 0 Å². The van der Waals surface area contributed by atoms with Gasteiger partial charge in [-0.25, -0.2) is 4.98 Å². The zero-order valence-electron chi connectivity index (χ0n) is 20.6. The van der Waals surface area contributed by atoms with Crippen LogP contribution in [0.2, 0.25) is 0 Å². The molecule has 2 aromatic heterocycles. The molecule has 0 bridgehead atoms. The number of hydrogen-bond donors (Lipinski definition) is 0. The van der Waals surface area contributed by atoms with Gasteiger partial charge in [-0.1, -0.05) is 91.0 Å². The van der Waals surface area contributed by atoms with Crippen molar-refractivity contribution < 1.29 is 0 Å². The third-order valence-corrected chi connectivity index (χ3v) is 7.48. The van der Waals surface area contributed by atoms with Crippen LogP contribution in [0.5, 0.6) is 0 Å². The van der Waals surface area contributed by atoms with Crippen molar-refractivity contribution in [2.24, 2.45) is 0 Å². The fraction of sp³-hybridized carbons (Fsp3) is 0. The molecule has 0 fully saturated rings. The van der Waals surface area contributed by atoms with Crippen LogP contribution < -0.4 is 0 Å². The van der Waals surface area contributed by atoms with Gasteiger partial charge in [0, 0.05) is 33.1 Å². The van der Waals surface area contributed by atoms with E-state index in [4.69, 9.17) is 4.98 Å². The fourth-order valence-corrected chi connectivity index (χ4v) is 5.82. The summed E-state index contributed by atoms with van der Waals surface area (Å²) in [5.74, 6) is 0.947. The van der Waals surface area contributed by atoms with Gasteiger partial charge in [0.05, 0.1) is 22.1 Å². The molecule has 0 atom stereocenters. The predicted octanol–water partition coefficient (Wildman–Crippen LogP) is 8.94. The van der Waals surface area contributed by atoms with Crippen LogP contribution in [0.25, 0.3) is 66.4 Å². The molecule has 0 aliphatic rings. The van der Waals surface area contributed by atoms with E-state index in [1.165, 1.54) is 32.6 Å². The highest BCUT2D eigenvalue weighted by molar-refractivity contribution is 6.17. The molecule has 0 radical (unpaired) electrons. The van der Waals surface area contributed by atoms with Crippen LogP contribution in [0.15, 0.2) is 140 Å². The minimum Gasteiger partial charge on any atom is -0.309 e. The number of nitrogens with zero attached hydrogens (tertiary/aromatic N) is 3. The lowest BCUT2D eigenvalue weighted by Crippen LogP contribution is -1.98. The molecular weight excluding hydrogens is 462 g/mol. The molecule has 0 saturated carbocycles. The molecule has 3 nitrogen and oxygen atoms in total. The van der Waals surface area contributed by atoms with Crippen LogP contribution in [0.3, 0.4) is 0 Å². The van der Waals surface area contributed by atoms with Crippen molar-refractivity contribution >= 4 is 43.6 Å². The second-order valence-corrected chi connectivity index (χ2v) is 9.68. The lowest BCUT2D eigenvalue weighted by Gasteiger charge is -2.12. The number of benzene rings is 6. The standard InChI is InChI=1S/C35H23N3/c1-4-12-24(13-5-1)35-36-31-21-20-25-22-30-28-18-10-11-19-32(28)37(26-14-6-2-7-15-26)33(30)23-29(25)34(31)38(35)27-16-8-3-9-17-27/h1-23H. The molecule has 38 heavy (non-hydrogen) atoms. The van der Waals surface area contributed by atoms with E-state index in [-0.39, 0.29) is 0 Å². The summed E-state index contributed by atoms with van der Waals surface area (Å²) >= 11 is 0. The van der Waals surface area contributed by atoms with E-state index in [1.54, 1.807) is 0 Å². The smallest absolute Gasteiger partial charge is 0.145 e. The normalized spacial score (nSPS) is 11.7. The van der Waals surface area contributed by atoms with E-state index >= 15 is 0 Å². The van der Waals surface area contributed by atoms with Crippen LogP contribution >= 0.6 is 0 Å². The highest BCUT2D eigenvalue weighted by atomic mass is 15.1. The first-order valence-corrected chi connectivity index (χ1v) is 12.9. The third-order valence-electron chi connectivity index (χ3n) is 7.48. The van der Waals surface area contributed by atoms with Gasteiger partial charge in [0.2, 0.25) is 0 Å². The van der Waals surface area contributed by atoms with E-state index < -0.39 is 0 Å². The first-order chi connectivity index (χ1) is 18.9. The van der Waals surface area contributed by atoms with Gasteiger partial charge in [0.25, 0.3) is 0 Å².